The normalized spacial score (nSPS) is 21.6. The molecule has 1 aliphatic heterocycles. The van der Waals surface area contributed by atoms with Crippen LogP contribution in [0, 0.1) is 6.92 Å². The molecule has 6 heteroatoms. The van der Waals surface area contributed by atoms with E-state index >= 15 is 0 Å². The Morgan fingerprint density at radius 3 is 2.67 bits per heavy atom. The molecular weight excluding hydrogens is 286 g/mol. The maximum Gasteiger partial charge on any atom is 0.243 e. The van der Waals surface area contributed by atoms with E-state index in [1.807, 2.05) is 34.0 Å². The SMILES string of the molecule is CNCc1cc(S(=O)(=O)N2CCN(C)CC2C)ccc1C. The van der Waals surface area contributed by atoms with E-state index in [2.05, 4.69) is 10.2 Å². The van der Waals surface area contributed by atoms with Crippen LogP contribution in [0.5, 0.6) is 0 Å². The van der Waals surface area contributed by atoms with Crippen LogP contribution in [-0.2, 0) is 16.6 Å². The highest BCUT2D eigenvalue weighted by Crippen LogP contribution is 2.23. The number of nitrogens with zero attached hydrogens (tertiary/aromatic N) is 2. The van der Waals surface area contributed by atoms with Crippen LogP contribution >= 0.6 is 0 Å². The summed E-state index contributed by atoms with van der Waals surface area (Å²) in [6.45, 7) is 6.74. The summed E-state index contributed by atoms with van der Waals surface area (Å²) >= 11 is 0. The number of likely N-dealkylation sites (N-methyl/N-ethyl adjacent to an activating group) is 1. The first-order valence-corrected chi connectivity index (χ1v) is 8.74. The fourth-order valence-electron chi connectivity index (χ4n) is 2.80. The minimum absolute atomic E-state index is 0.00260. The number of hydrogen-bond donors (Lipinski definition) is 1. The molecule has 118 valence electrons. The maximum atomic E-state index is 12.9. The zero-order valence-corrected chi connectivity index (χ0v) is 14.1. The fraction of sp³-hybridized carbons (Fsp3) is 0.600. The van der Waals surface area contributed by atoms with E-state index in [4.69, 9.17) is 0 Å². The van der Waals surface area contributed by atoms with Crippen LogP contribution in [0.15, 0.2) is 23.1 Å². The highest BCUT2D eigenvalue weighted by atomic mass is 32.2. The third kappa shape index (κ3) is 3.45. The quantitative estimate of drug-likeness (QED) is 0.903. The van der Waals surface area contributed by atoms with Crippen LogP contribution in [-0.4, -0.2) is 57.4 Å². The van der Waals surface area contributed by atoms with E-state index in [0.29, 0.717) is 18.0 Å². The largest absolute Gasteiger partial charge is 0.316 e. The summed E-state index contributed by atoms with van der Waals surface area (Å²) in [4.78, 5) is 2.56. The van der Waals surface area contributed by atoms with E-state index in [1.165, 1.54) is 0 Å². The summed E-state index contributed by atoms with van der Waals surface area (Å²) in [5.74, 6) is 0. The topological polar surface area (TPSA) is 52.7 Å². The van der Waals surface area contributed by atoms with Gasteiger partial charge in [0.1, 0.15) is 0 Å². The van der Waals surface area contributed by atoms with Crippen molar-refractivity contribution in [2.45, 2.75) is 31.3 Å². The molecule has 0 aromatic heterocycles. The van der Waals surface area contributed by atoms with Gasteiger partial charge in [-0.05, 0) is 51.2 Å². The van der Waals surface area contributed by atoms with E-state index in [9.17, 15) is 8.42 Å². The molecule has 1 aromatic rings. The van der Waals surface area contributed by atoms with Gasteiger partial charge in [-0.15, -0.1) is 0 Å². The number of sulfonamides is 1. The summed E-state index contributed by atoms with van der Waals surface area (Å²) in [6, 6.07) is 5.41. The van der Waals surface area contributed by atoms with E-state index < -0.39 is 10.0 Å². The van der Waals surface area contributed by atoms with Gasteiger partial charge in [0.2, 0.25) is 10.0 Å². The van der Waals surface area contributed by atoms with Gasteiger partial charge in [0.05, 0.1) is 4.90 Å². The van der Waals surface area contributed by atoms with Gasteiger partial charge in [0, 0.05) is 32.2 Å². The molecule has 21 heavy (non-hydrogen) atoms. The first-order valence-electron chi connectivity index (χ1n) is 7.30. The Kier molecular flexibility index (Phi) is 5.03. The lowest BCUT2D eigenvalue weighted by atomic mass is 10.1. The number of benzene rings is 1. The lowest BCUT2D eigenvalue weighted by Crippen LogP contribution is -2.52. The van der Waals surface area contributed by atoms with Gasteiger partial charge in [-0.2, -0.15) is 4.31 Å². The number of piperazine rings is 1. The van der Waals surface area contributed by atoms with E-state index in [1.54, 1.807) is 16.4 Å². The predicted molar refractivity (Wildman–Crippen MR) is 84.8 cm³/mol. The van der Waals surface area contributed by atoms with Crippen molar-refractivity contribution in [2.75, 3.05) is 33.7 Å². The molecule has 1 aromatic carbocycles. The molecule has 0 saturated carbocycles. The Labute approximate surface area is 128 Å². The first-order chi connectivity index (χ1) is 9.86. The minimum atomic E-state index is -3.41. The Hall–Kier alpha value is -0.950. The molecule has 5 nitrogen and oxygen atoms in total. The molecule has 1 aliphatic rings. The Bertz CT molecular complexity index is 601. The van der Waals surface area contributed by atoms with Crippen molar-refractivity contribution in [3.63, 3.8) is 0 Å². The lowest BCUT2D eigenvalue weighted by Gasteiger charge is -2.37. The summed E-state index contributed by atoms with van der Waals surface area (Å²) in [6.07, 6.45) is 0. The predicted octanol–water partition coefficient (Wildman–Crippen LogP) is 1.04. The average molecular weight is 311 g/mol. The molecule has 1 unspecified atom stereocenters. The number of aryl methyl sites for hydroxylation is 1. The van der Waals surface area contributed by atoms with Crippen molar-refractivity contribution in [3.8, 4) is 0 Å². The molecule has 0 spiro atoms. The second kappa shape index (κ2) is 6.44. The third-order valence-electron chi connectivity index (χ3n) is 4.06. The van der Waals surface area contributed by atoms with Crippen molar-refractivity contribution >= 4 is 10.0 Å². The molecule has 1 atom stereocenters. The summed E-state index contributed by atoms with van der Waals surface area (Å²) in [7, 11) is 0.476. The van der Waals surface area contributed by atoms with Crippen molar-refractivity contribution in [1.29, 1.82) is 0 Å². The monoisotopic (exact) mass is 311 g/mol. The molecule has 1 N–H and O–H groups in total. The van der Waals surface area contributed by atoms with Crippen LogP contribution in [0.25, 0.3) is 0 Å². The van der Waals surface area contributed by atoms with Gasteiger partial charge >= 0.3 is 0 Å². The number of rotatable bonds is 4. The lowest BCUT2D eigenvalue weighted by molar-refractivity contribution is 0.170. The van der Waals surface area contributed by atoms with Gasteiger partial charge in [0.25, 0.3) is 0 Å². The van der Waals surface area contributed by atoms with Gasteiger partial charge in [-0.25, -0.2) is 8.42 Å². The molecule has 0 bridgehead atoms. The summed E-state index contributed by atoms with van der Waals surface area (Å²) in [5.41, 5.74) is 2.13. The highest BCUT2D eigenvalue weighted by Gasteiger charge is 2.32. The van der Waals surface area contributed by atoms with Crippen LogP contribution in [0.4, 0.5) is 0 Å². The first kappa shape index (κ1) is 16.4. The standard InChI is InChI=1S/C15H25N3O2S/c1-12-5-6-15(9-14(12)10-16-3)21(19,20)18-8-7-17(4)11-13(18)2/h5-6,9,13,16H,7-8,10-11H2,1-4H3. The van der Waals surface area contributed by atoms with Crippen molar-refractivity contribution in [2.24, 2.45) is 0 Å². The van der Waals surface area contributed by atoms with Crippen molar-refractivity contribution in [3.05, 3.63) is 29.3 Å². The van der Waals surface area contributed by atoms with Gasteiger partial charge in [-0.1, -0.05) is 6.07 Å². The van der Waals surface area contributed by atoms with Crippen LogP contribution in [0.2, 0.25) is 0 Å². The van der Waals surface area contributed by atoms with Crippen LogP contribution in [0.3, 0.4) is 0 Å². The van der Waals surface area contributed by atoms with Gasteiger partial charge < -0.3 is 10.2 Å². The minimum Gasteiger partial charge on any atom is -0.316 e. The Balaban J connectivity index is 2.33. The van der Waals surface area contributed by atoms with Crippen LogP contribution < -0.4 is 5.32 Å². The Morgan fingerprint density at radius 1 is 1.33 bits per heavy atom. The third-order valence-corrected chi connectivity index (χ3v) is 6.07. The number of hydrogen-bond acceptors (Lipinski definition) is 4. The molecule has 1 fully saturated rings. The molecular formula is C15H25N3O2S. The van der Waals surface area contributed by atoms with Crippen molar-refractivity contribution in [1.82, 2.24) is 14.5 Å². The molecule has 0 aliphatic carbocycles. The second-order valence-corrected chi connectivity index (χ2v) is 7.74. The van der Waals surface area contributed by atoms with E-state index in [0.717, 1.165) is 24.2 Å². The van der Waals surface area contributed by atoms with Gasteiger partial charge in [0.15, 0.2) is 0 Å². The molecule has 2 rings (SSSR count). The zero-order chi connectivity index (χ0) is 15.6. The summed E-state index contributed by atoms with van der Waals surface area (Å²) in [5, 5.41) is 3.08. The molecule has 1 heterocycles. The maximum absolute atomic E-state index is 12.9. The molecule has 0 radical (unpaired) electrons. The Morgan fingerprint density at radius 2 is 2.05 bits per heavy atom. The van der Waals surface area contributed by atoms with Gasteiger partial charge in [-0.3, -0.25) is 0 Å². The number of nitrogens with one attached hydrogen (secondary N) is 1. The fourth-order valence-corrected chi connectivity index (χ4v) is 4.47. The average Bonchev–Trinajstić information content (AvgIpc) is 2.40. The van der Waals surface area contributed by atoms with E-state index in [-0.39, 0.29) is 6.04 Å². The smallest absolute Gasteiger partial charge is 0.243 e. The zero-order valence-electron chi connectivity index (χ0n) is 13.3. The second-order valence-electron chi connectivity index (χ2n) is 5.85. The molecule has 1 saturated heterocycles. The van der Waals surface area contributed by atoms with Crippen LogP contribution in [0.1, 0.15) is 18.1 Å². The highest BCUT2D eigenvalue weighted by molar-refractivity contribution is 7.89. The molecule has 0 amide bonds. The van der Waals surface area contributed by atoms with Crippen molar-refractivity contribution < 1.29 is 8.42 Å². The summed E-state index contributed by atoms with van der Waals surface area (Å²) < 4.78 is 27.3.